The average molecular weight is 256 g/mol. The van der Waals surface area contributed by atoms with Crippen LogP contribution in [0.2, 0.25) is 5.02 Å². The highest BCUT2D eigenvalue weighted by Crippen LogP contribution is 2.31. The van der Waals surface area contributed by atoms with Gasteiger partial charge in [0.05, 0.1) is 11.6 Å². The van der Waals surface area contributed by atoms with Crippen LogP contribution in [0.3, 0.4) is 0 Å². The summed E-state index contributed by atoms with van der Waals surface area (Å²) in [6.45, 7) is 6.91. The molecule has 0 saturated carbocycles. The summed E-state index contributed by atoms with van der Waals surface area (Å²) in [4.78, 5) is 0. The molecule has 1 rings (SSSR count). The fourth-order valence-electron chi connectivity index (χ4n) is 1.83. The molecule has 1 unspecified atom stereocenters. The lowest BCUT2D eigenvalue weighted by molar-refractivity contribution is 0.314. The fraction of sp³-hybridized carbons (Fsp3) is 0.571. The molecule has 2 nitrogen and oxygen atoms in total. The third-order valence-electron chi connectivity index (χ3n) is 2.57. The minimum Gasteiger partial charge on any atom is -0.492 e. The summed E-state index contributed by atoms with van der Waals surface area (Å²) in [6, 6.07) is 4.27. The highest BCUT2D eigenvalue weighted by molar-refractivity contribution is 6.32. The molecule has 96 valence electrons. The first-order valence-electron chi connectivity index (χ1n) is 6.28. The minimum absolute atomic E-state index is 0.151. The van der Waals surface area contributed by atoms with Gasteiger partial charge in [0, 0.05) is 6.04 Å². The molecule has 2 N–H and O–H groups in total. The van der Waals surface area contributed by atoms with Crippen molar-refractivity contribution in [3.63, 3.8) is 0 Å². The molecule has 0 fully saturated rings. The Hall–Kier alpha value is -0.730. The summed E-state index contributed by atoms with van der Waals surface area (Å²) < 4.78 is 5.70. The van der Waals surface area contributed by atoms with Gasteiger partial charge >= 0.3 is 0 Å². The molecule has 1 atom stereocenters. The molecule has 0 heterocycles. The maximum atomic E-state index is 6.27. The van der Waals surface area contributed by atoms with E-state index in [4.69, 9.17) is 22.1 Å². The van der Waals surface area contributed by atoms with Gasteiger partial charge in [0.15, 0.2) is 0 Å². The Labute approximate surface area is 109 Å². The van der Waals surface area contributed by atoms with Crippen LogP contribution in [0.25, 0.3) is 0 Å². The monoisotopic (exact) mass is 255 g/mol. The van der Waals surface area contributed by atoms with E-state index in [2.05, 4.69) is 19.9 Å². The van der Waals surface area contributed by atoms with Crippen molar-refractivity contribution in [3.05, 3.63) is 28.3 Å². The van der Waals surface area contributed by atoms with Crippen LogP contribution in [0.15, 0.2) is 12.1 Å². The maximum Gasteiger partial charge on any atom is 0.141 e. The molecule has 17 heavy (non-hydrogen) atoms. The number of benzene rings is 1. The van der Waals surface area contributed by atoms with Crippen LogP contribution >= 0.6 is 11.6 Å². The second-order valence-corrected chi connectivity index (χ2v) is 4.86. The number of halogens is 1. The third-order valence-corrected chi connectivity index (χ3v) is 2.85. The predicted octanol–water partition coefficient (Wildman–Crippen LogP) is 3.58. The Morgan fingerprint density at radius 3 is 2.59 bits per heavy atom. The molecule has 0 aromatic heterocycles. The lowest BCUT2D eigenvalue weighted by Gasteiger charge is -2.14. The summed E-state index contributed by atoms with van der Waals surface area (Å²) in [5.74, 6) is 0.837. The van der Waals surface area contributed by atoms with E-state index in [-0.39, 0.29) is 6.04 Å². The number of rotatable bonds is 6. The highest BCUT2D eigenvalue weighted by Gasteiger charge is 2.10. The molecule has 3 heteroatoms. The molecule has 0 amide bonds. The lowest BCUT2D eigenvalue weighted by Crippen LogP contribution is -2.18. The van der Waals surface area contributed by atoms with Crippen LogP contribution in [0.1, 0.15) is 38.3 Å². The topological polar surface area (TPSA) is 35.2 Å². The van der Waals surface area contributed by atoms with Gasteiger partial charge in [0.25, 0.3) is 0 Å². The Bertz CT molecular complexity index is 363. The normalized spacial score (nSPS) is 12.5. The van der Waals surface area contributed by atoms with Crippen LogP contribution < -0.4 is 10.5 Å². The molecule has 0 spiro atoms. The number of hydrogen-bond acceptors (Lipinski definition) is 2. The van der Waals surface area contributed by atoms with Crippen molar-refractivity contribution in [2.45, 2.75) is 46.1 Å². The van der Waals surface area contributed by atoms with E-state index in [1.54, 1.807) is 0 Å². The van der Waals surface area contributed by atoms with Gasteiger partial charge in [-0.05, 0) is 43.4 Å². The quantitative estimate of drug-likeness (QED) is 0.843. The molecule has 0 saturated heterocycles. The largest absolute Gasteiger partial charge is 0.492 e. The van der Waals surface area contributed by atoms with Crippen molar-refractivity contribution < 1.29 is 4.74 Å². The number of nitrogens with two attached hydrogens (primary N) is 1. The van der Waals surface area contributed by atoms with Crippen molar-refractivity contribution in [1.82, 2.24) is 0 Å². The highest BCUT2D eigenvalue weighted by atomic mass is 35.5. The van der Waals surface area contributed by atoms with Gasteiger partial charge in [-0.2, -0.15) is 0 Å². The summed E-state index contributed by atoms with van der Waals surface area (Å²) in [6.07, 6.45) is 2.76. The number of hydrogen-bond donors (Lipinski definition) is 1. The van der Waals surface area contributed by atoms with E-state index in [0.29, 0.717) is 11.6 Å². The molecule has 0 radical (unpaired) electrons. The van der Waals surface area contributed by atoms with E-state index in [9.17, 15) is 0 Å². The second kappa shape index (κ2) is 6.87. The van der Waals surface area contributed by atoms with Gasteiger partial charge in [0.2, 0.25) is 0 Å². The van der Waals surface area contributed by atoms with Gasteiger partial charge in [-0.15, -0.1) is 0 Å². The summed E-state index contributed by atoms with van der Waals surface area (Å²) >= 11 is 6.27. The van der Waals surface area contributed by atoms with Gasteiger partial charge in [-0.3, -0.25) is 0 Å². The van der Waals surface area contributed by atoms with E-state index in [0.717, 1.165) is 25.0 Å². The smallest absolute Gasteiger partial charge is 0.141 e. The maximum absolute atomic E-state index is 6.27. The zero-order valence-corrected chi connectivity index (χ0v) is 11.7. The van der Waals surface area contributed by atoms with E-state index in [1.807, 2.05) is 13.0 Å². The van der Waals surface area contributed by atoms with Gasteiger partial charge < -0.3 is 10.5 Å². The first kappa shape index (κ1) is 14.3. The molecule has 0 aliphatic rings. The van der Waals surface area contributed by atoms with Crippen molar-refractivity contribution in [1.29, 1.82) is 0 Å². The third kappa shape index (κ3) is 4.21. The molecule has 0 aliphatic heterocycles. The zero-order chi connectivity index (χ0) is 12.8. The Balaban J connectivity index is 2.98. The Morgan fingerprint density at radius 2 is 2.06 bits per heavy atom. The van der Waals surface area contributed by atoms with E-state index < -0.39 is 0 Å². The van der Waals surface area contributed by atoms with Crippen molar-refractivity contribution in [3.8, 4) is 5.75 Å². The summed E-state index contributed by atoms with van der Waals surface area (Å²) in [5, 5.41) is 0.702. The first-order chi connectivity index (χ1) is 8.08. The summed E-state index contributed by atoms with van der Waals surface area (Å²) in [7, 11) is 0. The van der Waals surface area contributed by atoms with E-state index in [1.165, 1.54) is 11.1 Å². The lowest BCUT2D eigenvalue weighted by atomic mass is 10.0. The van der Waals surface area contributed by atoms with E-state index >= 15 is 0 Å². The molecule has 0 aliphatic carbocycles. The molecule has 0 bridgehead atoms. The number of aryl methyl sites for hydroxylation is 1. The number of ether oxygens (including phenoxy) is 1. The van der Waals surface area contributed by atoms with Gasteiger partial charge in [-0.1, -0.05) is 31.5 Å². The molecular formula is C14H22ClNO. The van der Waals surface area contributed by atoms with Crippen LogP contribution in [0.4, 0.5) is 0 Å². The standard InChI is InChI=1S/C14H22ClNO/c1-4-6-17-14-12(5-2)8-11(7-10(3)16)9-13(14)15/h8-10H,4-7,16H2,1-3H3. The van der Waals surface area contributed by atoms with Crippen molar-refractivity contribution in [2.24, 2.45) is 5.73 Å². The van der Waals surface area contributed by atoms with Crippen molar-refractivity contribution in [2.75, 3.05) is 6.61 Å². The van der Waals surface area contributed by atoms with Crippen LogP contribution in [0, 0.1) is 0 Å². The Morgan fingerprint density at radius 1 is 1.35 bits per heavy atom. The van der Waals surface area contributed by atoms with Crippen LogP contribution in [-0.4, -0.2) is 12.6 Å². The molecule has 1 aromatic rings. The predicted molar refractivity (Wildman–Crippen MR) is 74.0 cm³/mol. The molecule has 1 aromatic carbocycles. The van der Waals surface area contributed by atoms with Crippen LogP contribution in [0.5, 0.6) is 5.75 Å². The van der Waals surface area contributed by atoms with Crippen LogP contribution in [-0.2, 0) is 12.8 Å². The molecular weight excluding hydrogens is 234 g/mol. The second-order valence-electron chi connectivity index (χ2n) is 4.45. The SMILES string of the molecule is CCCOc1c(Cl)cc(CC(C)N)cc1CC. The zero-order valence-electron chi connectivity index (χ0n) is 10.9. The minimum atomic E-state index is 0.151. The fourth-order valence-corrected chi connectivity index (χ4v) is 2.15. The van der Waals surface area contributed by atoms with Gasteiger partial charge in [-0.25, -0.2) is 0 Å². The average Bonchev–Trinajstić information content (AvgIpc) is 2.26. The van der Waals surface area contributed by atoms with Crippen molar-refractivity contribution >= 4 is 11.6 Å². The Kier molecular flexibility index (Phi) is 5.79. The first-order valence-corrected chi connectivity index (χ1v) is 6.65. The summed E-state index contributed by atoms with van der Waals surface area (Å²) in [5.41, 5.74) is 8.16. The van der Waals surface area contributed by atoms with Gasteiger partial charge in [0.1, 0.15) is 5.75 Å².